The Morgan fingerprint density at radius 1 is 1.29 bits per heavy atom. The monoisotopic (exact) mass is 303 g/mol. The maximum Gasteiger partial charge on any atom is 0.0939 e. The van der Waals surface area contributed by atoms with E-state index in [0.29, 0.717) is 6.04 Å². The molecule has 0 amide bonds. The fourth-order valence-corrected chi connectivity index (χ4v) is 3.62. The van der Waals surface area contributed by atoms with Gasteiger partial charge in [-0.1, -0.05) is 37.6 Å². The fraction of sp³-hybridized carbons (Fsp3) is 0.471. The van der Waals surface area contributed by atoms with Crippen LogP contribution in [0.1, 0.15) is 36.2 Å². The lowest BCUT2D eigenvalue weighted by molar-refractivity contribution is 0.655. The standard InChI is InChI=1S/C17H25N3S/c1-5-6-14-7-9-15(10-8-14)16(18-3)12-21-17-11-13(2)19-20(17)4/h7-11,16,18H,5-6,12H2,1-4H3. The summed E-state index contributed by atoms with van der Waals surface area (Å²) in [4.78, 5) is 0. The van der Waals surface area contributed by atoms with E-state index in [4.69, 9.17) is 0 Å². The highest BCUT2D eigenvalue weighted by molar-refractivity contribution is 7.99. The third kappa shape index (κ3) is 4.35. The van der Waals surface area contributed by atoms with Gasteiger partial charge >= 0.3 is 0 Å². The number of thioether (sulfide) groups is 1. The van der Waals surface area contributed by atoms with Gasteiger partial charge in [0.2, 0.25) is 0 Å². The molecule has 0 aliphatic heterocycles. The molecule has 21 heavy (non-hydrogen) atoms. The van der Waals surface area contributed by atoms with Crippen molar-refractivity contribution in [2.45, 2.75) is 37.8 Å². The first kappa shape index (κ1) is 16.1. The van der Waals surface area contributed by atoms with Crippen LogP contribution in [-0.4, -0.2) is 22.6 Å². The SMILES string of the molecule is CCCc1ccc(C(CSc2cc(C)nn2C)NC)cc1. The average molecular weight is 303 g/mol. The highest BCUT2D eigenvalue weighted by Crippen LogP contribution is 2.25. The summed E-state index contributed by atoms with van der Waals surface area (Å²) in [5.41, 5.74) is 3.85. The molecule has 1 aromatic carbocycles. The zero-order chi connectivity index (χ0) is 15.2. The predicted octanol–water partition coefficient (Wildman–Crippen LogP) is 3.73. The quantitative estimate of drug-likeness (QED) is 0.790. The Bertz CT molecular complexity index is 560. The molecule has 0 saturated carbocycles. The molecule has 0 radical (unpaired) electrons. The number of rotatable bonds is 7. The Balaban J connectivity index is 2.00. The Kier molecular flexibility index (Phi) is 5.88. The van der Waals surface area contributed by atoms with Gasteiger partial charge in [-0.15, -0.1) is 11.8 Å². The lowest BCUT2D eigenvalue weighted by Crippen LogP contribution is -2.18. The van der Waals surface area contributed by atoms with Crippen molar-refractivity contribution in [1.29, 1.82) is 0 Å². The van der Waals surface area contributed by atoms with Crippen LogP contribution in [0.25, 0.3) is 0 Å². The van der Waals surface area contributed by atoms with Crippen molar-refractivity contribution >= 4 is 11.8 Å². The van der Waals surface area contributed by atoms with Crippen LogP contribution in [0.5, 0.6) is 0 Å². The van der Waals surface area contributed by atoms with Gasteiger partial charge in [0.15, 0.2) is 0 Å². The van der Waals surface area contributed by atoms with E-state index in [2.05, 4.69) is 47.7 Å². The Labute approximate surface area is 132 Å². The third-order valence-corrected chi connectivity index (χ3v) is 4.80. The molecule has 0 aliphatic rings. The van der Waals surface area contributed by atoms with Gasteiger partial charge in [-0.3, -0.25) is 4.68 Å². The number of nitrogens with one attached hydrogen (secondary N) is 1. The van der Waals surface area contributed by atoms with E-state index in [-0.39, 0.29) is 0 Å². The van der Waals surface area contributed by atoms with Gasteiger partial charge in [0, 0.05) is 18.8 Å². The van der Waals surface area contributed by atoms with Crippen molar-refractivity contribution in [2.75, 3.05) is 12.8 Å². The molecular formula is C17H25N3S. The Morgan fingerprint density at radius 2 is 2.00 bits per heavy atom. The summed E-state index contributed by atoms with van der Waals surface area (Å²) >= 11 is 1.85. The van der Waals surface area contributed by atoms with E-state index >= 15 is 0 Å². The molecule has 0 spiro atoms. The Hall–Kier alpha value is -1.26. The van der Waals surface area contributed by atoms with Crippen LogP contribution in [0, 0.1) is 6.92 Å². The molecule has 0 aliphatic carbocycles. The van der Waals surface area contributed by atoms with E-state index in [0.717, 1.165) is 17.9 Å². The van der Waals surface area contributed by atoms with E-state index < -0.39 is 0 Å². The van der Waals surface area contributed by atoms with Crippen LogP contribution in [0.3, 0.4) is 0 Å². The van der Waals surface area contributed by atoms with Crippen molar-refractivity contribution in [2.24, 2.45) is 7.05 Å². The van der Waals surface area contributed by atoms with E-state index in [1.54, 1.807) is 0 Å². The highest BCUT2D eigenvalue weighted by Gasteiger charge is 2.11. The van der Waals surface area contributed by atoms with E-state index in [9.17, 15) is 0 Å². The molecule has 0 fully saturated rings. The zero-order valence-electron chi connectivity index (χ0n) is 13.4. The largest absolute Gasteiger partial charge is 0.312 e. The molecule has 0 saturated heterocycles. The first-order valence-electron chi connectivity index (χ1n) is 7.53. The lowest BCUT2D eigenvalue weighted by Gasteiger charge is -2.16. The van der Waals surface area contributed by atoms with Crippen molar-refractivity contribution < 1.29 is 0 Å². The van der Waals surface area contributed by atoms with Gasteiger partial charge in [0.05, 0.1) is 10.7 Å². The minimum absolute atomic E-state index is 0.362. The molecule has 1 unspecified atom stereocenters. The van der Waals surface area contributed by atoms with Gasteiger partial charge in [0.1, 0.15) is 0 Å². The summed E-state index contributed by atoms with van der Waals surface area (Å²) in [7, 11) is 4.03. The molecule has 2 rings (SSSR count). The van der Waals surface area contributed by atoms with Gasteiger partial charge in [-0.2, -0.15) is 5.10 Å². The molecule has 3 nitrogen and oxygen atoms in total. The van der Waals surface area contributed by atoms with E-state index in [1.165, 1.54) is 22.6 Å². The van der Waals surface area contributed by atoms with Crippen LogP contribution in [0.15, 0.2) is 35.4 Å². The first-order valence-corrected chi connectivity index (χ1v) is 8.52. The summed E-state index contributed by atoms with van der Waals surface area (Å²) in [5, 5.41) is 9.03. The van der Waals surface area contributed by atoms with Crippen LogP contribution in [-0.2, 0) is 13.5 Å². The summed E-state index contributed by atoms with van der Waals surface area (Å²) < 4.78 is 1.96. The number of hydrogen-bond donors (Lipinski definition) is 1. The highest BCUT2D eigenvalue weighted by atomic mass is 32.2. The topological polar surface area (TPSA) is 29.9 Å². The second kappa shape index (κ2) is 7.66. The van der Waals surface area contributed by atoms with Crippen LogP contribution in [0.2, 0.25) is 0 Å². The third-order valence-electron chi connectivity index (χ3n) is 3.63. The van der Waals surface area contributed by atoms with Gasteiger partial charge in [-0.25, -0.2) is 0 Å². The maximum absolute atomic E-state index is 4.40. The van der Waals surface area contributed by atoms with Crippen LogP contribution >= 0.6 is 11.8 Å². The summed E-state index contributed by atoms with van der Waals surface area (Å²) in [5.74, 6) is 1.00. The second-order valence-corrected chi connectivity index (χ2v) is 6.43. The van der Waals surface area contributed by atoms with Crippen molar-refractivity contribution in [3.8, 4) is 0 Å². The van der Waals surface area contributed by atoms with E-state index in [1.807, 2.05) is 37.5 Å². The number of nitrogens with zero attached hydrogens (tertiary/aromatic N) is 2. The average Bonchev–Trinajstić information content (AvgIpc) is 2.80. The lowest BCUT2D eigenvalue weighted by atomic mass is 10.0. The van der Waals surface area contributed by atoms with Crippen molar-refractivity contribution in [3.63, 3.8) is 0 Å². The molecule has 1 heterocycles. The van der Waals surface area contributed by atoms with Crippen molar-refractivity contribution in [1.82, 2.24) is 15.1 Å². The molecule has 0 bridgehead atoms. The van der Waals surface area contributed by atoms with Crippen LogP contribution in [0.4, 0.5) is 0 Å². The molecule has 1 atom stereocenters. The number of aromatic nitrogens is 2. The minimum Gasteiger partial charge on any atom is -0.312 e. The first-order chi connectivity index (χ1) is 10.1. The molecular weight excluding hydrogens is 278 g/mol. The summed E-state index contributed by atoms with van der Waals surface area (Å²) in [6.45, 7) is 4.25. The fourth-order valence-electron chi connectivity index (χ4n) is 2.44. The number of benzene rings is 1. The summed E-state index contributed by atoms with van der Waals surface area (Å²) in [6.07, 6.45) is 2.36. The number of aryl methyl sites for hydroxylation is 3. The normalized spacial score (nSPS) is 12.6. The van der Waals surface area contributed by atoms with Gasteiger partial charge in [0.25, 0.3) is 0 Å². The smallest absolute Gasteiger partial charge is 0.0939 e. The second-order valence-electron chi connectivity index (χ2n) is 5.39. The predicted molar refractivity (Wildman–Crippen MR) is 90.9 cm³/mol. The van der Waals surface area contributed by atoms with Crippen LogP contribution < -0.4 is 5.32 Å². The molecule has 114 valence electrons. The molecule has 1 N–H and O–H groups in total. The van der Waals surface area contributed by atoms with Crippen molar-refractivity contribution in [3.05, 3.63) is 47.2 Å². The minimum atomic E-state index is 0.362. The number of hydrogen-bond acceptors (Lipinski definition) is 3. The maximum atomic E-state index is 4.40. The molecule has 1 aromatic heterocycles. The Morgan fingerprint density at radius 3 is 2.52 bits per heavy atom. The molecule has 2 aromatic rings. The summed E-state index contributed by atoms with van der Waals surface area (Å²) in [6, 6.07) is 11.5. The van der Waals surface area contributed by atoms with Gasteiger partial charge in [-0.05, 0) is 37.6 Å². The zero-order valence-corrected chi connectivity index (χ0v) is 14.2. The van der Waals surface area contributed by atoms with Gasteiger partial charge < -0.3 is 5.32 Å². The molecule has 4 heteroatoms.